The van der Waals surface area contributed by atoms with E-state index in [4.69, 9.17) is 9.47 Å². The Kier molecular flexibility index (Phi) is 6.63. The van der Waals surface area contributed by atoms with E-state index in [1.807, 2.05) is 13.0 Å². The van der Waals surface area contributed by atoms with Crippen LogP contribution in [0.3, 0.4) is 0 Å². The molecule has 0 unspecified atom stereocenters. The summed E-state index contributed by atoms with van der Waals surface area (Å²) in [5, 5.41) is 0. The molecule has 0 atom stereocenters. The smallest absolute Gasteiger partial charge is 0.165 e. The molecule has 1 rings (SSSR count). The summed E-state index contributed by atoms with van der Waals surface area (Å²) in [5.41, 5.74) is 0.905. The second kappa shape index (κ2) is 8.07. The average molecular weight is 240 g/mol. The van der Waals surface area contributed by atoms with Crippen LogP contribution in [-0.4, -0.2) is 19.8 Å². The standard InChI is InChI=1S/C14H21FO2/c1-3-8-16-9-4-5-10-17-14-7-6-12(2)11-13(14)15/h6-7,11H,3-5,8-10H2,1-2H3. The van der Waals surface area contributed by atoms with Gasteiger partial charge in [-0.05, 0) is 43.9 Å². The van der Waals surface area contributed by atoms with Crippen LogP contribution >= 0.6 is 0 Å². The minimum absolute atomic E-state index is 0.285. The van der Waals surface area contributed by atoms with Gasteiger partial charge in [-0.2, -0.15) is 0 Å². The minimum Gasteiger partial charge on any atom is -0.491 e. The molecule has 0 N–H and O–H groups in total. The molecule has 0 spiro atoms. The summed E-state index contributed by atoms with van der Waals surface area (Å²) >= 11 is 0. The molecular weight excluding hydrogens is 219 g/mol. The zero-order valence-corrected chi connectivity index (χ0v) is 10.7. The number of hydrogen-bond acceptors (Lipinski definition) is 2. The highest BCUT2D eigenvalue weighted by atomic mass is 19.1. The largest absolute Gasteiger partial charge is 0.491 e. The van der Waals surface area contributed by atoms with E-state index in [1.165, 1.54) is 6.07 Å². The summed E-state index contributed by atoms with van der Waals surface area (Å²) in [4.78, 5) is 0. The molecule has 0 aliphatic heterocycles. The fraction of sp³-hybridized carbons (Fsp3) is 0.571. The van der Waals surface area contributed by atoms with Crippen molar-refractivity contribution in [3.63, 3.8) is 0 Å². The first-order chi connectivity index (χ1) is 8.24. The number of halogens is 1. The summed E-state index contributed by atoms with van der Waals surface area (Å²) in [6.07, 6.45) is 2.88. The van der Waals surface area contributed by atoms with Crippen LogP contribution in [-0.2, 0) is 4.74 Å². The van der Waals surface area contributed by atoms with Crippen LogP contribution in [0.1, 0.15) is 31.7 Å². The van der Waals surface area contributed by atoms with Crippen LogP contribution < -0.4 is 4.74 Å². The summed E-state index contributed by atoms with van der Waals surface area (Å²) < 4.78 is 24.1. The van der Waals surface area contributed by atoms with E-state index >= 15 is 0 Å². The molecule has 0 aromatic heterocycles. The molecule has 2 nitrogen and oxygen atoms in total. The summed E-state index contributed by atoms with van der Waals surface area (Å²) in [6, 6.07) is 5.01. The molecule has 0 radical (unpaired) electrons. The fourth-order valence-corrected chi connectivity index (χ4v) is 1.46. The lowest BCUT2D eigenvalue weighted by atomic mass is 10.2. The van der Waals surface area contributed by atoms with Gasteiger partial charge in [0.1, 0.15) is 0 Å². The van der Waals surface area contributed by atoms with Crippen molar-refractivity contribution in [3.05, 3.63) is 29.6 Å². The third-order valence-corrected chi connectivity index (χ3v) is 2.38. The second-order valence-corrected chi connectivity index (χ2v) is 4.10. The monoisotopic (exact) mass is 240 g/mol. The Labute approximate surface area is 103 Å². The Hall–Kier alpha value is -1.09. The maximum atomic E-state index is 13.4. The minimum atomic E-state index is -0.285. The first-order valence-electron chi connectivity index (χ1n) is 6.20. The van der Waals surface area contributed by atoms with Gasteiger partial charge in [-0.15, -0.1) is 0 Å². The highest BCUT2D eigenvalue weighted by Crippen LogP contribution is 2.18. The number of unbranched alkanes of at least 4 members (excludes halogenated alkanes) is 1. The van der Waals surface area contributed by atoms with Crippen LogP contribution in [0.5, 0.6) is 5.75 Å². The van der Waals surface area contributed by atoms with E-state index in [0.29, 0.717) is 12.4 Å². The fourth-order valence-electron chi connectivity index (χ4n) is 1.46. The van der Waals surface area contributed by atoms with E-state index in [2.05, 4.69) is 6.92 Å². The number of rotatable bonds is 8. The van der Waals surface area contributed by atoms with Crippen molar-refractivity contribution >= 4 is 0 Å². The van der Waals surface area contributed by atoms with E-state index < -0.39 is 0 Å². The average Bonchev–Trinajstić information content (AvgIpc) is 2.30. The summed E-state index contributed by atoms with van der Waals surface area (Å²) in [6.45, 7) is 6.05. The van der Waals surface area contributed by atoms with E-state index in [1.54, 1.807) is 6.07 Å². The van der Waals surface area contributed by atoms with Crippen molar-refractivity contribution in [2.75, 3.05) is 19.8 Å². The Morgan fingerprint density at radius 1 is 1.12 bits per heavy atom. The van der Waals surface area contributed by atoms with Crippen molar-refractivity contribution in [2.45, 2.75) is 33.1 Å². The first-order valence-corrected chi connectivity index (χ1v) is 6.20. The molecular formula is C14H21FO2. The van der Waals surface area contributed by atoms with Gasteiger partial charge in [-0.25, -0.2) is 4.39 Å². The number of hydrogen-bond donors (Lipinski definition) is 0. The second-order valence-electron chi connectivity index (χ2n) is 4.10. The summed E-state index contributed by atoms with van der Waals surface area (Å²) in [5.74, 6) is 0.0531. The molecule has 0 amide bonds. The Morgan fingerprint density at radius 2 is 1.88 bits per heavy atom. The molecule has 1 aromatic rings. The van der Waals surface area contributed by atoms with Gasteiger partial charge in [0.25, 0.3) is 0 Å². The predicted molar refractivity (Wildman–Crippen MR) is 67.0 cm³/mol. The van der Waals surface area contributed by atoms with Crippen LogP contribution in [0.4, 0.5) is 4.39 Å². The van der Waals surface area contributed by atoms with Crippen molar-refractivity contribution in [3.8, 4) is 5.75 Å². The third kappa shape index (κ3) is 5.68. The first kappa shape index (κ1) is 14.0. The molecule has 0 aliphatic rings. The number of aryl methyl sites for hydroxylation is 1. The van der Waals surface area contributed by atoms with Crippen molar-refractivity contribution in [1.29, 1.82) is 0 Å². The van der Waals surface area contributed by atoms with Gasteiger partial charge < -0.3 is 9.47 Å². The van der Waals surface area contributed by atoms with E-state index in [9.17, 15) is 4.39 Å². The topological polar surface area (TPSA) is 18.5 Å². The van der Waals surface area contributed by atoms with Crippen LogP contribution in [0.25, 0.3) is 0 Å². The maximum Gasteiger partial charge on any atom is 0.165 e. The molecule has 1 aromatic carbocycles. The zero-order valence-electron chi connectivity index (χ0n) is 10.7. The van der Waals surface area contributed by atoms with Crippen LogP contribution in [0.2, 0.25) is 0 Å². The molecule has 96 valence electrons. The lowest BCUT2D eigenvalue weighted by Gasteiger charge is -2.07. The van der Waals surface area contributed by atoms with Gasteiger partial charge >= 0.3 is 0 Å². The highest BCUT2D eigenvalue weighted by Gasteiger charge is 2.02. The predicted octanol–water partition coefficient (Wildman–Crippen LogP) is 3.72. The SMILES string of the molecule is CCCOCCCCOc1ccc(C)cc1F. The van der Waals surface area contributed by atoms with Crippen molar-refractivity contribution in [1.82, 2.24) is 0 Å². The lowest BCUT2D eigenvalue weighted by Crippen LogP contribution is -2.02. The number of benzene rings is 1. The van der Waals surface area contributed by atoms with Crippen LogP contribution in [0.15, 0.2) is 18.2 Å². The molecule has 0 fully saturated rings. The molecule has 0 saturated carbocycles. The third-order valence-electron chi connectivity index (χ3n) is 2.38. The van der Waals surface area contributed by atoms with Crippen LogP contribution in [0, 0.1) is 12.7 Å². The normalized spacial score (nSPS) is 10.5. The molecule has 3 heteroatoms. The Bertz CT molecular complexity index is 326. The van der Waals surface area contributed by atoms with Gasteiger partial charge in [-0.3, -0.25) is 0 Å². The maximum absolute atomic E-state index is 13.4. The van der Waals surface area contributed by atoms with E-state index in [0.717, 1.165) is 38.0 Å². The lowest BCUT2D eigenvalue weighted by molar-refractivity contribution is 0.127. The van der Waals surface area contributed by atoms with Crippen molar-refractivity contribution < 1.29 is 13.9 Å². The quantitative estimate of drug-likeness (QED) is 0.645. The van der Waals surface area contributed by atoms with Gasteiger partial charge in [0.05, 0.1) is 6.61 Å². The highest BCUT2D eigenvalue weighted by molar-refractivity contribution is 5.28. The molecule has 0 saturated heterocycles. The van der Waals surface area contributed by atoms with Gasteiger partial charge in [0.2, 0.25) is 0 Å². The number of ether oxygens (including phenoxy) is 2. The van der Waals surface area contributed by atoms with Gasteiger partial charge in [0, 0.05) is 13.2 Å². The Morgan fingerprint density at radius 3 is 2.59 bits per heavy atom. The zero-order chi connectivity index (χ0) is 12.5. The van der Waals surface area contributed by atoms with Crippen molar-refractivity contribution in [2.24, 2.45) is 0 Å². The van der Waals surface area contributed by atoms with E-state index in [-0.39, 0.29) is 5.82 Å². The molecule has 17 heavy (non-hydrogen) atoms. The van der Waals surface area contributed by atoms with Gasteiger partial charge in [-0.1, -0.05) is 13.0 Å². The Balaban J connectivity index is 2.14. The van der Waals surface area contributed by atoms with Gasteiger partial charge in [0.15, 0.2) is 11.6 Å². The molecule has 0 aliphatic carbocycles. The molecule has 0 heterocycles. The summed E-state index contributed by atoms with van der Waals surface area (Å²) in [7, 11) is 0. The molecule has 0 bridgehead atoms.